The van der Waals surface area contributed by atoms with Gasteiger partial charge in [0.15, 0.2) is 0 Å². The van der Waals surface area contributed by atoms with E-state index in [-0.39, 0.29) is 17.9 Å². The first-order chi connectivity index (χ1) is 16.4. The van der Waals surface area contributed by atoms with E-state index in [0.29, 0.717) is 29.2 Å². The molecule has 3 aromatic rings. The van der Waals surface area contributed by atoms with Crippen LogP contribution in [0, 0.1) is 6.92 Å². The summed E-state index contributed by atoms with van der Waals surface area (Å²) in [4.78, 5) is 27.9. The van der Waals surface area contributed by atoms with Gasteiger partial charge in [0.25, 0.3) is 11.7 Å². The molecule has 1 amide bonds. The first-order valence-electron chi connectivity index (χ1n) is 11.1. The topological polar surface area (TPSA) is 76.1 Å². The van der Waals surface area contributed by atoms with Gasteiger partial charge in [0, 0.05) is 11.1 Å². The minimum absolute atomic E-state index is 0.0629. The Balaban J connectivity index is 1.84. The lowest BCUT2D eigenvalue weighted by molar-refractivity contribution is -0.140. The van der Waals surface area contributed by atoms with Crippen LogP contribution in [0.3, 0.4) is 0 Å². The van der Waals surface area contributed by atoms with Gasteiger partial charge in [0.1, 0.15) is 17.3 Å². The number of hydrogen-bond acceptors (Lipinski definition) is 5. The van der Waals surface area contributed by atoms with Gasteiger partial charge in [-0.1, -0.05) is 60.2 Å². The van der Waals surface area contributed by atoms with Gasteiger partial charge < -0.3 is 19.5 Å². The van der Waals surface area contributed by atoms with Gasteiger partial charge in [0.2, 0.25) is 0 Å². The number of carbonyl (C=O) groups excluding carboxylic acids is 2. The van der Waals surface area contributed by atoms with Gasteiger partial charge >= 0.3 is 0 Å². The third kappa shape index (κ3) is 4.39. The molecule has 0 saturated carbocycles. The number of aliphatic hydroxyl groups excluding tert-OH is 1. The first-order valence-corrected chi connectivity index (χ1v) is 11.1. The van der Waals surface area contributed by atoms with E-state index in [1.807, 2.05) is 62.4 Å². The number of para-hydroxylation sites is 1. The largest absolute Gasteiger partial charge is 0.507 e. The van der Waals surface area contributed by atoms with Gasteiger partial charge in [-0.05, 0) is 37.6 Å². The zero-order valence-electron chi connectivity index (χ0n) is 19.4. The van der Waals surface area contributed by atoms with E-state index in [1.54, 1.807) is 31.4 Å². The van der Waals surface area contributed by atoms with E-state index in [1.165, 1.54) is 4.90 Å². The molecule has 0 aromatic heterocycles. The fraction of sp³-hybridized carbons (Fsp3) is 0.214. The van der Waals surface area contributed by atoms with Crippen LogP contribution < -0.4 is 9.47 Å². The highest BCUT2D eigenvalue weighted by molar-refractivity contribution is 6.46. The summed E-state index contributed by atoms with van der Waals surface area (Å²) in [5.41, 5.74) is 3.03. The number of aryl methyl sites for hydroxylation is 1. The molecule has 1 N–H and O–H groups in total. The Kier molecular flexibility index (Phi) is 6.68. The quantitative estimate of drug-likeness (QED) is 0.306. The maximum Gasteiger partial charge on any atom is 0.295 e. The Morgan fingerprint density at radius 3 is 2.29 bits per heavy atom. The summed E-state index contributed by atoms with van der Waals surface area (Å²) in [5, 5.41) is 11.2. The molecule has 1 atom stereocenters. The molecule has 6 heteroatoms. The normalized spacial score (nSPS) is 17.1. The number of carbonyl (C=O) groups is 2. The van der Waals surface area contributed by atoms with Crippen molar-refractivity contribution in [2.24, 2.45) is 0 Å². The number of ketones is 1. The lowest BCUT2D eigenvalue weighted by atomic mass is 9.95. The highest BCUT2D eigenvalue weighted by Crippen LogP contribution is 2.41. The van der Waals surface area contributed by atoms with Gasteiger partial charge in [-0.25, -0.2) is 0 Å². The zero-order valence-corrected chi connectivity index (χ0v) is 19.4. The number of likely N-dealkylation sites (tertiary alicyclic amines) is 1. The molecule has 1 heterocycles. The number of methoxy groups -OCH3 is 1. The average Bonchev–Trinajstić information content (AvgIpc) is 3.10. The Labute approximate surface area is 199 Å². The number of rotatable bonds is 7. The van der Waals surface area contributed by atoms with Crippen molar-refractivity contribution >= 4 is 17.4 Å². The molecule has 6 nitrogen and oxygen atoms in total. The Morgan fingerprint density at radius 1 is 0.971 bits per heavy atom. The number of amides is 1. The van der Waals surface area contributed by atoms with Crippen molar-refractivity contribution in [1.82, 2.24) is 4.90 Å². The maximum atomic E-state index is 13.2. The van der Waals surface area contributed by atoms with E-state index in [9.17, 15) is 14.7 Å². The lowest BCUT2D eigenvalue weighted by Gasteiger charge is -2.26. The van der Waals surface area contributed by atoms with Crippen LogP contribution in [0.25, 0.3) is 5.76 Å². The van der Waals surface area contributed by atoms with Gasteiger partial charge in [-0.15, -0.1) is 0 Å². The Bertz CT molecular complexity index is 1230. The molecule has 174 valence electrons. The minimum Gasteiger partial charge on any atom is -0.507 e. The molecule has 1 aliphatic rings. The van der Waals surface area contributed by atoms with Crippen LogP contribution >= 0.6 is 0 Å². The van der Waals surface area contributed by atoms with Crippen molar-refractivity contribution < 1.29 is 24.2 Å². The van der Waals surface area contributed by atoms with Crippen LogP contribution in [0.1, 0.15) is 35.2 Å². The van der Waals surface area contributed by atoms with Gasteiger partial charge in [0.05, 0.1) is 31.9 Å². The first kappa shape index (κ1) is 23.1. The molecule has 0 radical (unpaired) electrons. The fourth-order valence-electron chi connectivity index (χ4n) is 4.19. The predicted octanol–water partition coefficient (Wildman–Crippen LogP) is 5.02. The number of hydrogen-bond donors (Lipinski definition) is 1. The van der Waals surface area contributed by atoms with Crippen molar-refractivity contribution in [3.8, 4) is 11.5 Å². The van der Waals surface area contributed by atoms with Crippen molar-refractivity contribution in [3.05, 3.63) is 101 Å². The summed E-state index contributed by atoms with van der Waals surface area (Å²) in [6, 6.07) is 21.0. The zero-order chi connectivity index (χ0) is 24.2. The number of Topliss-reactive ketones (excluding diaryl/α,β-unsaturated/α-hetero) is 1. The van der Waals surface area contributed by atoms with E-state index in [2.05, 4.69) is 0 Å². The van der Waals surface area contributed by atoms with Crippen LogP contribution in [0.5, 0.6) is 11.5 Å². The number of aliphatic hydroxyl groups is 1. The highest BCUT2D eigenvalue weighted by Gasteiger charge is 2.46. The average molecular weight is 458 g/mol. The van der Waals surface area contributed by atoms with Crippen LogP contribution in [-0.4, -0.2) is 35.4 Å². The van der Waals surface area contributed by atoms with Crippen LogP contribution in [0.15, 0.2) is 78.4 Å². The molecule has 0 aliphatic carbocycles. The van der Waals surface area contributed by atoms with E-state index in [4.69, 9.17) is 9.47 Å². The molecular formula is C28H27NO5. The summed E-state index contributed by atoms with van der Waals surface area (Å²) in [6.07, 6.45) is 0. The van der Waals surface area contributed by atoms with Crippen LogP contribution in [0.2, 0.25) is 0 Å². The summed E-state index contributed by atoms with van der Waals surface area (Å²) in [6.45, 7) is 4.52. The minimum atomic E-state index is -0.762. The van der Waals surface area contributed by atoms with E-state index >= 15 is 0 Å². The van der Waals surface area contributed by atoms with Crippen LogP contribution in [0.4, 0.5) is 0 Å². The summed E-state index contributed by atoms with van der Waals surface area (Å²) >= 11 is 0. The molecule has 0 bridgehead atoms. The Morgan fingerprint density at radius 2 is 1.65 bits per heavy atom. The molecule has 34 heavy (non-hydrogen) atoms. The lowest BCUT2D eigenvalue weighted by Crippen LogP contribution is -2.29. The summed E-state index contributed by atoms with van der Waals surface area (Å²) in [7, 11) is 1.56. The number of ether oxygens (including phenoxy) is 2. The third-order valence-electron chi connectivity index (χ3n) is 5.91. The third-order valence-corrected chi connectivity index (χ3v) is 5.91. The van der Waals surface area contributed by atoms with E-state index in [0.717, 1.165) is 11.1 Å². The molecular weight excluding hydrogens is 430 g/mol. The van der Waals surface area contributed by atoms with Crippen molar-refractivity contribution in [1.29, 1.82) is 0 Å². The standard InChI is InChI=1S/C28H27NO5/c1-4-34-22-15-13-19(14-16-22)25-24(26(30)20-11-9-18(2)10-12-20)27(31)28(32)29(25)17-21-7-5-6-8-23(21)33-3/h5-16,25,30H,4,17H2,1-3H3/b26-24+. The molecule has 1 unspecified atom stereocenters. The molecule has 1 saturated heterocycles. The van der Waals surface area contributed by atoms with Crippen LogP contribution in [-0.2, 0) is 16.1 Å². The molecule has 1 aliphatic heterocycles. The monoisotopic (exact) mass is 457 g/mol. The van der Waals surface area contributed by atoms with Crippen molar-refractivity contribution in [3.63, 3.8) is 0 Å². The smallest absolute Gasteiger partial charge is 0.295 e. The molecule has 3 aromatic carbocycles. The van der Waals surface area contributed by atoms with Gasteiger partial charge in [-0.2, -0.15) is 0 Å². The number of benzene rings is 3. The molecule has 0 spiro atoms. The SMILES string of the molecule is CCOc1ccc(C2/C(=C(\O)c3ccc(C)cc3)C(=O)C(=O)N2Cc2ccccc2OC)cc1. The molecule has 1 fully saturated rings. The highest BCUT2D eigenvalue weighted by atomic mass is 16.5. The predicted molar refractivity (Wildman–Crippen MR) is 130 cm³/mol. The Hall–Kier alpha value is -4.06. The van der Waals surface area contributed by atoms with Crippen molar-refractivity contribution in [2.75, 3.05) is 13.7 Å². The maximum absolute atomic E-state index is 13.2. The number of nitrogens with zero attached hydrogens (tertiary/aromatic N) is 1. The van der Waals surface area contributed by atoms with Crippen molar-refractivity contribution in [2.45, 2.75) is 26.4 Å². The fourth-order valence-corrected chi connectivity index (χ4v) is 4.19. The molecule has 4 rings (SSSR count). The van der Waals surface area contributed by atoms with Gasteiger partial charge in [-0.3, -0.25) is 9.59 Å². The summed E-state index contributed by atoms with van der Waals surface area (Å²) < 4.78 is 11.0. The van der Waals surface area contributed by atoms with E-state index < -0.39 is 17.7 Å². The second-order valence-corrected chi connectivity index (χ2v) is 8.11. The summed E-state index contributed by atoms with van der Waals surface area (Å²) in [5.74, 6) is -0.273. The second kappa shape index (κ2) is 9.83. The second-order valence-electron chi connectivity index (χ2n) is 8.11.